The molecule has 0 aliphatic carbocycles. The number of nitro benzene ring substituents is 1. The first-order valence-electron chi connectivity index (χ1n) is 5.52. The average molecular weight is 257 g/mol. The lowest BCUT2D eigenvalue weighted by atomic mass is 10.2. The molecule has 0 saturated carbocycles. The van der Waals surface area contributed by atoms with E-state index in [4.69, 9.17) is 0 Å². The molecule has 6 nitrogen and oxygen atoms in total. The second kappa shape index (κ2) is 5.63. The van der Waals surface area contributed by atoms with Crippen LogP contribution in [0.25, 0.3) is 0 Å². The van der Waals surface area contributed by atoms with Gasteiger partial charge in [-0.25, -0.2) is 0 Å². The summed E-state index contributed by atoms with van der Waals surface area (Å²) in [6, 6.07) is 14.5. The van der Waals surface area contributed by atoms with E-state index in [0.29, 0.717) is 5.56 Å². The fraction of sp³-hybridized carbons (Fsp3) is 0. The molecule has 19 heavy (non-hydrogen) atoms. The van der Waals surface area contributed by atoms with E-state index in [1.54, 1.807) is 12.1 Å². The summed E-state index contributed by atoms with van der Waals surface area (Å²) in [5, 5.41) is 10.5. The first-order chi connectivity index (χ1) is 9.16. The molecule has 2 rings (SSSR count). The summed E-state index contributed by atoms with van der Waals surface area (Å²) in [6.45, 7) is 0. The van der Waals surface area contributed by atoms with Gasteiger partial charge in [-0.3, -0.25) is 25.8 Å². The van der Waals surface area contributed by atoms with Crippen molar-refractivity contribution < 1.29 is 9.72 Å². The molecule has 0 bridgehead atoms. The number of rotatable bonds is 4. The molecule has 0 unspecified atom stereocenters. The number of non-ortho nitro benzene ring substituents is 1. The van der Waals surface area contributed by atoms with Crippen LogP contribution in [0.15, 0.2) is 54.6 Å². The van der Waals surface area contributed by atoms with Gasteiger partial charge in [-0.1, -0.05) is 18.2 Å². The zero-order valence-corrected chi connectivity index (χ0v) is 9.87. The lowest BCUT2D eigenvalue weighted by Crippen LogP contribution is -2.29. The highest BCUT2D eigenvalue weighted by molar-refractivity contribution is 5.95. The van der Waals surface area contributed by atoms with E-state index < -0.39 is 4.92 Å². The molecule has 0 aliphatic heterocycles. The standard InChI is InChI=1S/C13H11N3O3/c17-13(15-14-11-4-2-1-3-5-11)10-6-8-12(9-7-10)16(18)19/h1-9,14H,(H,15,17). The average Bonchev–Trinajstić information content (AvgIpc) is 2.46. The maximum atomic E-state index is 11.8. The zero-order valence-electron chi connectivity index (χ0n) is 9.87. The molecule has 0 spiro atoms. The lowest BCUT2D eigenvalue weighted by Gasteiger charge is -2.07. The number of hydrogen-bond donors (Lipinski definition) is 2. The number of hydrogen-bond acceptors (Lipinski definition) is 4. The van der Waals surface area contributed by atoms with E-state index in [1.165, 1.54) is 24.3 Å². The Kier molecular flexibility index (Phi) is 3.72. The summed E-state index contributed by atoms with van der Waals surface area (Å²) in [6.07, 6.45) is 0. The van der Waals surface area contributed by atoms with Gasteiger partial charge in [0.1, 0.15) is 0 Å². The number of nitrogens with one attached hydrogen (secondary N) is 2. The van der Waals surface area contributed by atoms with Crippen molar-refractivity contribution in [2.75, 3.05) is 5.43 Å². The maximum Gasteiger partial charge on any atom is 0.269 e. The van der Waals surface area contributed by atoms with Gasteiger partial charge in [0.05, 0.1) is 10.6 Å². The minimum atomic E-state index is -0.510. The van der Waals surface area contributed by atoms with Crippen LogP contribution in [0.3, 0.4) is 0 Å². The Morgan fingerprint density at radius 3 is 2.21 bits per heavy atom. The van der Waals surface area contributed by atoms with Gasteiger partial charge in [0.15, 0.2) is 0 Å². The first-order valence-corrected chi connectivity index (χ1v) is 5.52. The van der Waals surface area contributed by atoms with Crippen LogP contribution >= 0.6 is 0 Å². The predicted molar refractivity (Wildman–Crippen MR) is 70.6 cm³/mol. The summed E-state index contributed by atoms with van der Waals surface area (Å²) in [5.41, 5.74) is 6.29. The Bertz CT molecular complexity index is 582. The molecule has 0 aliphatic rings. The van der Waals surface area contributed by atoms with Crippen LogP contribution in [0, 0.1) is 10.1 Å². The SMILES string of the molecule is O=C(NNc1ccccc1)c1ccc([N+](=O)[O-])cc1. The van der Waals surface area contributed by atoms with Crippen molar-refractivity contribution in [2.45, 2.75) is 0 Å². The van der Waals surface area contributed by atoms with Crippen LogP contribution in [-0.4, -0.2) is 10.8 Å². The molecular weight excluding hydrogens is 246 g/mol. The summed E-state index contributed by atoms with van der Waals surface area (Å²) >= 11 is 0. The van der Waals surface area contributed by atoms with Crippen LogP contribution in [-0.2, 0) is 0 Å². The number of hydrazine groups is 1. The van der Waals surface area contributed by atoms with Gasteiger partial charge in [-0.2, -0.15) is 0 Å². The van der Waals surface area contributed by atoms with Crippen molar-refractivity contribution in [1.29, 1.82) is 0 Å². The highest BCUT2D eigenvalue weighted by Crippen LogP contribution is 2.12. The van der Waals surface area contributed by atoms with Crippen LogP contribution in [0.2, 0.25) is 0 Å². The second-order valence-electron chi connectivity index (χ2n) is 3.75. The molecule has 96 valence electrons. The quantitative estimate of drug-likeness (QED) is 0.650. The third-order valence-electron chi connectivity index (χ3n) is 2.43. The molecule has 6 heteroatoms. The van der Waals surface area contributed by atoms with Crippen molar-refractivity contribution in [3.8, 4) is 0 Å². The topological polar surface area (TPSA) is 84.3 Å². The van der Waals surface area contributed by atoms with Crippen molar-refractivity contribution in [3.05, 3.63) is 70.3 Å². The fourth-order valence-corrected chi connectivity index (χ4v) is 1.46. The maximum absolute atomic E-state index is 11.8. The number of nitrogens with zero attached hydrogens (tertiary/aromatic N) is 1. The van der Waals surface area contributed by atoms with Gasteiger partial charge >= 0.3 is 0 Å². The van der Waals surface area contributed by atoms with E-state index >= 15 is 0 Å². The largest absolute Gasteiger partial charge is 0.298 e. The molecular formula is C13H11N3O3. The molecule has 0 radical (unpaired) electrons. The minimum absolute atomic E-state index is 0.0485. The third-order valence-corrected chi connectivity index (χ3v) is 2.43. The van der Waals surface area contributed by atoms with Gasteiger partial charge in [-0.05, 0) is 24.3 Å². The van der Waals surface area contributed by atoms with Crippen LogP contribution in [0.4, 0.5) is 11.4 Å². The molecule has 0 fully saturated rings. The second-order valence-corrected chi connectivity index (χ2v) is 3.75. The highest BCUT2D eigenvalue weighted by Gasteiger charge is 2.08. The van der Waals surface area contributed by atoms with Gasteiger partial charge in [0, 0.05) is 17.7 Å². The normalized spacial score (nSPS) is 9.68. The molecule has 0 aromatic heterocycles. The van der Waals surface area contributed by atoms with Crippen molar-refractivity contribution in [1.82, 2.24) is 5.43 Å². The van der Waals surface area contributed by atoms with E-state index in [0.717, 1.165) is 5.69 Å². The van der Waals surface area contributed by atoms with E-state index in [9.17, 15) is 14.9 Å². The summed E-state index contributed by atoms with van der Waals surface area (Å²) < 4.78 is 0. The number of carbonyl (C=O) groups excluding carboxylic acids is 1. The van der Waals surface area contributed by atoms with Gasteiger partial charge in [0.25, 0.3) is 11.6 Å². The Morgan fingerprint density at radius 2 is 1.63 bits per heavy atom. The predicted octanol–water partition coefficient (Wildman–Crippen LogP) is 2.35. The number of amides is 1. The number of para-hydroxylation sites is 1. The molecule has 0 atom stereocenters. The van der Waals surface area contributed by atoms with E-state index in [2.05, 4.69) is 10.9 Å². The van der Waals surface area contributed by atoms with Crippen LogP contribution < -0.4 is 10.9 Å². The van der Waals surface area contributed by atoms with Crippen LogP contribution in [0.1, 0.15) is 10.4 Å². The highest BCUT2D eigenvalue weighted by atomic mass is 16.6. The zero-order chi connectivity index (χ0) is 13.7. The van der Waals surface area contributed by atoms with Crippen molar-refractivity contribution in [3.63, 3.8) is 0 Å². The number of carbonyl (C=O) groups is 1. The molecule has 2 aromatic carbocycles. The fourth-order valence-electron chi connectivity index (χ4n) is 1.46. The number of benzene rings is 2. The lowest BCUT2D eigenvalue weighted by molar-refractivity contribution is -0.384. The molecule has 2 N–H and O–H groups in total. The summed E-state index contributed by atoms with van der Waals surface area (Å²) in [4.78, 5) is 21.7. The molecule has 0 heterocycles. The summed E-state index contributed by atoms with van der Waals surface area (Å²) in [7, 11) is 0. The molecule has 0 saturated heterocycles. The Morgan fingerprint density at radius 1 is 1.00 bits per heavy atom. The van der Waals surface area contributed by atoms with Gasteiger partial charge in [-0.15, -0.1) is 0 Å². The molecule has 1 amide bonds. The minimum Gasteiger partial charge on any atom is -0.298 e. The van der Waals surface area contributed by atoms with Gasteiger partial charge in [0.2, 0.25) is 0 Å². The van der Waals surface area contributed by atoms with Crippen LogP contribution in [0.5, 0.6) is 0 Å². The van der Waals surface area contributed by atoms with E-state index in [-0.39, 0.29) is 11.6 Å². The molecule has 2 aromatic rings. The first kappa shape index (κ1) is 12.6. The Hall–Kier alpha value is -2.89. The Balaban J connectivity index is 1.98. The van der Waals surface area contributed by atoms with Gasteiger partial charge < -0.3 is 0 Å². The van der Waals surface area contributed by atoms with Crippen molar-refractivity contribution in [2.24, 2.45) is 0 Å². The number of nitro groups is 1. The smallest absolute Gasteiger partial charge is 0.269 e. The van der Waals surface area contributed by atoms with E-state index in [1.807, 2.05) is 18.2 Å². The monoisotopic (exact) mass is 257 g/mol. The third kappa shape index (κ3) is 3.29. The number of anilines is 1. The summed E-state index contributed by atoms with van der Waals surface area (Å²) in [5.74, 6) is -0.362. The van der Waals surface area contributed by atoms with Crippen molar-refractivity contribution >= 4 is 17.3 Å². The Labute approximate surface area is 109 Å².